The Hall–Kier alpha value is -0.440. The minimum Gasteiger partial charge on any atom is -0.332 e. The molecule has 0 spiro atoms. The van der Waals surface area contributed by atoms with Crippen molar-refractivity contribution in [2.24, 2.45) is 5.92 Å². The van der Waals surface area contributed by atoms with Crippen LogP contribution in [0.1, 0.15) is 44.1 Å². The van der Waals surface area contributed by atoms with Crippen LogP contribution in [0.25, 0.3) is 0 Å². The van der Waals surface area contributed by atoms with E-state index >= 15 is 0 Å². The molecule has 0 N–H and O–H groups in total. The third-order valence-electron chi connectivity index (χ3n) is 4.11. The fourth-order valence-electron chi connectivity index (χ4n) is 3.03. The van der Waals surface area contributed by atoms with Crippen LogP contribution < -0.4 is 0 Å². The van der Waals surface area contributed by atoms with Gasteiger partial charge in [-0.15, -0.1) is 0 Å². The largest absolute Gasteiger partial charge is 0.332 e. The molecule has 0 aromatic carbocycles. The molecule has 0 aliphatic carbocycles. The zero-order valence-corrected chi connectivity index (χ0v) is 11.5. The number of imidazole rings is 1. The lowest BCUT2D eigenvalue weighted by atomic mass is 9.98. The lowest BCUT2D eigenvalue weighted by Crippen LogP contribution is -2.21. The number of hydrogen-bond acceptors (Lipinski definition) is 2. The second-order valence-electron chi connectivity index (χ2n) is 5.61. The van der Waals surface area contributed by atoms with Gasteiger partial charge in [0.1, 0.15) is 5.82 Å². The average molecular weight is 250 g/mol. The number of rotatable bonds is 2. The summed E-state index contributed by atoms with van der Waals surface area (Å²) in [5.74, 6) is 3.55. The first-order valence-electron chi connectivity index (χ1n) is 6.98. The van der Waals surface area contributed by atoms with Crippen molar-refractivity contribution in [1.82, 2.24) is 9.55 Å². The highest BCUT2D eigenvalue weighted by molar-refractivity contribution is 7.99. The lowest BCUT2D eigenvalue weighted by molar-refractivity contribution is 0.407. The van der Waals surface area contributed by atoms with E-state index in [-0.39, 0.29) is 0 Å². The molecule has 1 saturated heterocycles. The Morgan fingerprint density at radius 1 is 1.41 bits per heavy atom. The van der Waals surface area contributed by atoms with Gasteiger partial charge in [0.2, 0.25) is 0 Å². The van der Waals surface area contributed by atoms with Gasteiger partial charge in [0.05, 0.1) is 0 Å². The van der Waals surface area contributed by atoms with Crippen LogP contribution in [0.4, 0.5) is 0 Å². The zero-order valence-electron chi connectivity index (χ0n) is 10.7. The molecule has 2 aliphatic heterocycles. The predicted octanol–water partition coefficient (Wildman–Crippen LogP) is 3.29. The zero-order chi connectivity index (χ0) is 11.7. The van der Waals surface area contributed by atoms with Crippen molar-refractivity contribution in [2.45, 2.75) is 57.2 Å². The summed E-state index contributed by atoms with van der Waals surface area (Å²) in [7, 11) is 0. The van der Waals surface area contributed by atoms with Gasteiger partial charge in [0.15, 0.2) is 0 Å². The number of aromatic nitrogens is 2. The molecule has 1 fully saturated rings. The Kier molecular flexibility index (Phi) is 3.46. The number of thioether (sulfide) groups is 1. The fraction of sp³-hybridized carbons (Fsp3) is 0.786. The first kappa shape index (κ1) is 11.6. The second-order valence-corrected chi connectivity index (χ2v) is 7.02. The first-order chi connectivity index (χ1) is 8.33. The third-order valence-corrected chi connectivity index (χ3v) is 5.51. The molecule has 2 aliphatic rings. The second kappa shape index (κ2) is 5.05. The van der Waals surface area contributed by atoms with Crippen LogP contribution in [0.15, 0.2) is 6.20 Å². The van der Waals surface area contributed by atoms with Crippen molar-refractivity contribution in [3.8, 4) is 0 Å². The average Bonchev–Trinajstić information content (AvgIpc) is 2.73. The molecular weight excluding hydrogens is 228 g/mol. The maximum absolute atomic E-state index is 4.68. The molecule has 0 amide bonds. The quantitative estimate of drug-likeness (QED) is 0.801. The molecule has 3 heteroatoms. The molecule has 0 saturated carbocycles. The summed E-state index contributed by atoms with van der Waals surface area (Å²) in [6, 6.07) is 0. The Bertz CT molecular complexity index is 380. The van der Waals surface area contributed by atoms with Crippen molar-refractivity contribution < 1.29 is 0 Å². The highest BCUT2D eigenvalue weighted by Crippen LogP contribution is 2.29. The molecule has 3 heterocycles. The third kappa shape index (κ3) is 2.54. The van der Waals surface area contributed by atoms with E-state index in [4.69, 9.17) is 0 Å². The Labute approximate surface area is 108 Å². The molecule has 0 bridgehead atoms. The van der Waals surface area contributed by atoms with Gasteiger partial charge in [0.25, 0.3) is 0 Å². The topological polar surface area (TPSA) is 17.8 Å². The van der Waals surface area contributed by atoms with Crippen molar-refractivity contribution in [3.05, 3.63) is 17.7 Å². The molecule has 3 rings (SSSR count). The highest BCUT2D eigenvalue weighted by Gasteiger charge is 2.21. The lowest BCUT2D eigenvalue weighted by Gasteiger charge is -2.24. The molecule has 1 aromatic rings. The van der Waals surface area contributed by atoms with Gasteiger partial charge in [0, 0.05) is 30.1 Å². The molecule has 0 radical (unpaired) electrons. The summed E-state index contributed by atoms with van der Waals surface area (Å²) in [4.78, 5) is 4.68. The molecular formula is C14H22N2S. The summed E-state index contributed by atoms with van der Waals surface area (Å²) >= 11 is 2.16. The Morgan fingerprint density at radius 3 is 3.18 bits per heavy atom. The SMILES string of the molecule is CC1CCn2c(cnc2CC2CCCCS2)C1. The van der Waals surface area contributed by atoms with Crippen LogP contribution in [0, 0.1) is 5.92 Å². The van der Waals surface area contributed by atoms with Gasteiger partial charge < -0.3 is 4.57 Å². The van der Waals surface area contributed by atoms with Gasteiger partial charge in [-0.2, -0.15) is 11.8 Å². The van der Waals surface area contributed by atoms with Crippen molar-refractivity contribution in [3.63, 3.8) is 0 Å². The van der Waals surface area contributed by atoms with E-state index < -0.39 is 0 Å². The number of hydrogen-bond donors (Lipinski definition) is 0. The molecule has 2 unspecified atom stereocenters. The minimum absolute atomic E-state index is 0.828. The summed E-state index contributed by atoms with van der Waals surface area (Å²) in [5, 5.41) is 0.828. The van der Waals surface area contributed by atoms with E-state index in [0.29, 0.717) is 0 Å². The number of nitrogens with zero attached hydrogens (tertiary/aromatic N) is 2. The van der Waals surface area contributed by atoms with E-state index in [9.17, 15) is 0 Å². The Morgan fingerprint density at radius 2 is 2.35 bits per heavy atom. The smallest absolute Gasteiger partial charge is 0.109 e. The fourth-order valence-corrected chi connectivity index (χ4v) is 4.34. The van der Waals surface area contributed by atoms with Gasteiger partial charge >= 0.3 is 0 Å². The maximum atomic E-state index is 4.68. The van der Waals surface area contributed by atoms with Gasteiger partial charge in [-0.3, -0.25) is 0 Å². The number of fused-ring (bicyclic) bond motifs is 1. The van der Waals surface area contributed by atoms with Gasteiger partial charge in [-0.05, 0) is 37.4 Å². The molecule has 94 valence electrons. The standard InChI is InChI=1S/C14H22N2S/c1-11-5-6-16-12(8-11)10-15-14(16)9-13-4-2-3-7-17-13/h10-11,13H,2-9H2,1H3. The van der Waals surface area contributed by atoms with Crippen molar-refractivity contribution in [1.29, 1.82) is 0 Å². The van der Waals surface area contributed by atoms with E-state index in [2.05, 4.69) is 34.4 Å². The minimum atomic E-state index is 0.828. The van der Waals surface area contributed by atoms with Gasteiger partial charge in [-0.25, -0.2) is 4.98 Å². The molecule has 2 nitrogen and oxygen atoms in total. The van der Waals surface area contributed by atoms with Crippen LogP contribution in [-0.2, 0) is 19.4 Å². The van der Waals surface area contributed by atoms with Crippen LogP contribution in [-0.4, -0.2) is 20.6 Å². The van der Waals surface area contributed by atoms with Gasteiger partial charge in [-0.1, -0.05) is 13.3 Å². The van der Waals surface area contributed by atoms with E-state index in [1.807, 2.05) is 0 Å². The predicted molar refractivity (Wildman–Crippen MR) is 73.5 cm³/mol. The normalized spacial score (nSPS) is 29.0. The molecule has 17 heavy (non-hydrogen) atoms. The summed E-state index contributed by atoms with van der Waals surface area (Å²) in [5.41, 5.74) is 1.47. The molecule has 2 atom stereocenters. The first-order valence-corrected chi connectivity index (χ1v) is 8.02. The summed E-state index contributed by atoms with van der Waals surface area (Å²) < 4.78 is 2.50. The van der Waals surface area contributed by atoms with Crippen molar-refractivity contribution in [2.75, 3.05) is 5.75 Å². The molecule has 1 aromatic heterocycles. The van der Waals surface area contributed by atoms with Crippen LogP contribution in [0.2, 0.25) is 0 Å². The maximum Gasteiger partial charge on any atom is 0.109 e. The highest BCUT2D eigenvalue weighted by atomic mass is 32.2. The van der Waals surface area contributed by atoms with E-state index in [1.54, 1.807) is 0 Å². The monoisotopic (exact) mass is 250 g/mol. The summed E-state index contributed by atoms with van der Waals surface area (Å²) in [6.45, 7) is 3.55. The van der Waals surface area contributed by atoms with Crippen LogP contribution in [0.5, 0.6) is 0 Å². The Balaban J connectivity index is 1.71. The van der Waals surface area contributed by atoms with E-state index in [0.717, 1.165) is 11.2 Å². The van der Waals surface area contributed by atoms with E-state index in [1.165, 1.54) is 62.3 Å². The van der Waals surface area contributed by atoms with Crippen molar-refractivity contribution >= 4 is 11.8 Å². The van der Waals surface area contributed by atoms with Crippen LogP contribution >= 0.6 is 11.8 Å². The summed E-state index contributed by atoms with van der Waals surface area (Å²) in [6.07, 6.45) is 10.1. The van der Waals surface area contributed by atoms with Crippen LogP contribution in [0.3, 0.4) is 0 Å².